The van der Waals surface area contributed by atoms with Gasteiger partial charge in [-0.05, 0) is 57.8 Å². The van der Waals surface area contributed by atoms with Gasteiger partial charge in [-0.1, -0.05) is 152 Å². The highest BCUT2D eigenvalue weighted by molar-refractivity contribution is 5.80. The monoisotopic (exact) mass is 604 g/mol. The van der Waals surface area contributed by atoms with Crippen molar-refractivity contribution in [3.8, 4) is 0 Å². The largest absolute Gasteiger partial charge is 0.394 e. The highest BCUT2D eigenvalue weighted by Crippen LogP contribution is 2.14. The van der Waals surface area contributed by atoms with Gasteiger partial charge in [-0.25, -0.2) is 0 Å². The maximum Gasteiger partial charge on any atom is 0.249 e. The summed E-state index contributed by atoms with van der Waals surface area (Å²) in [6.07, 6.45) is 41.4. The number of amides is 1. The molecule has 5 nitrogen and oxygen atoms in total. The average Bonchev–Trinajstić information content (AvgIpc) is 3.01. The second-order valence-corrected chi connectivity index (χ2v) is 12.0. The molecule has 3 atom stereocenters. The van der Waals surface area contributed by atoms with Crippen LogP contribution in [-0.2, 0) is 4.79 Å². The topological polar surface area (TPSA) is 89.8 Å². The standard InChI is InChI=1S/C38H69NO4/c1-3-5-7-9-11-13-14-15-16-17-18-19-20-21-22-23-25-27-29-31-33-37(42)38(43)39-35(34-40)36(41)32-30-28-26-24-12-10-8-6-4-2/h5,7,11-13,24,30,32,35-37,40-42H,3-4,6,8-10,14-23,25-29,31,33-34H2,1-2H3,(H,39,43)/b7-5-,13-11-,24-12+,32-30+. The van der Waals surface area contributed by atoms with Gasteiger partial charge in [0.1, 0.15) is 6.10 Å². The van der Waals surface area contributed by atoms with Crippen molar-refractivity contribution >= 4 is 5.91 Å². The van der Waals surface area contributed by atoms with Gasteiger partial charge in [-0.2, -0.15) is 0 Å². The molecule has 0 saturated carbocycles. The summed E-state index contributed by atoms with van der Waals surface area (Å²) in [5.74, 6) is -0.520. The molecule has 4 N–H and O–H groups in total. The molecule has 0 heterocycles. The van der Waals surface area contributed by atoms with E-state index in [-0.39, 0.29) is 6.61 Å². The first-order valence-electron chi connectivity index (χ1n) is 18.0. The van der Waals surface area contributed by atoms with E-state index >= 15 is 0 Å². The van der Waals surface area contributed by atoms with Gasteiger partial charge in [0, 0.05) is 0 Å². The number of nitrogens with one attached hydrogen (secondary N) is 1. The zero-order valence-electron chi connectivity index (χ0n) is 28.1. The van der Waals surface area contributed by atoms with Crippen molar-refractivity contribution in [2.75, 3.05) is 6.61 Å². The van der Waals surface area contributed by atoms with E-state index in [0.29, 0.717) is 6.42 Å². The smallest absolute Gasteiger partial charge is 0.249 e. The third kappa shape index (κ3) is 28.8. The van der Waals surface area contributed by atoms with Crippen LogP contribution in [0.3, 0.4) is 0 Å². The zero-order valence-corrected chi connectivity index (χ0v) is 28.1. The van der Waals surface area contributed by atoms with Crippen molar-refractivity contribution in [1.29, 1.82) is 0 Å². The van der Waals surface area contributed by atoms with Crippen LogP contribution in [-0.4, -0.2) is 46.1 Å². The molecular weight excluding hydrogens is 534 g/mol. The summed E-state index contributed by atoms with van der Waals surface area (Å²) in [6.45, 7) is 3.99. The number of hydrogen-bond donors (Lipinski definition) is 4. The zero-order chi connectivity index (χ0) is 31.6. The van der Waals surface area contributed by atoms with Gasteiger partial charge in [0.25, 0.3) is 0 Å². The van der Waals surface area contributed by atoms with E-state index in [1.807, 2.05) is 6.08 Å². The predicted octanol–water partition coefficient (Wildman–Crippen LogP) is 9.42. The fourth-order valence-electron chi connectivity index (χ4n) is 5.06. The van der Waals surface area contributed by atoms with Crippen LogP contribution in [0.1, 0.15) is 162 Å². The normalized spacial score (nSPS) is 14.4. The number of aliphatic hydroxyl groups is 3. The molecule has 0 aliphatic rings. The van der Waals surface area contributed by atoms with Crippen LogP contribution >= 0.6 is 0 Å². The van der Waals surface area contributed by atoms with Crippen molar-refractivity contribution in [3.63, 3.8) is 0 Å². The molecule has 3 unspecified atom stereocenters. The van der Waals surface area contributed by atoms with Gasteiger partial charge >= 0.3 is 0 Å². The summed E-state index contributed by atoms with van der Waals surface area (Å²) in [5, 5.41) is 32.8. The maximum atomic E-state index is 12.4. The molecule has 0 aromatic heterocycles. The Hall–Kier alpha value is -1.69. The number of hydrogen-bond acceptors (Lipinski definition) is 4. The third-order valence-corrected chi connectivity index (χ3v) is 7.90. The Morgan fingerprint density at radius 2 is 1.09 bits per heavy atom. The van der Waals surface area contributed by atoms with Crippen molar-refractivity contribution in [2.45, 2.75) is 180 Å². The van der Waals surface area contributed by atoms with Crippen LogP contribution in [0.4, 0.5) is 0 Å². The SMILES string of the molecule is CC/C=C\C/C=C\CCCCCCCCCCCCCCCC(O)C(=O)NC(CO)C(O)/C=C/CC/C=C/CCCCC. The molecule has 0 spiro atoms. The summed E-state index contributed by atoms with van der Waals surface area (Å²) < 4.78 is 0. The highest BCUT2D eigenvalue weighted by Gasteiger charge is 2.22. The van der Waals surface area contributed by atoms with Crippen molar-refractivity contribution in [2.24, 2.45) is 0 Å². The molecular formula is C38H69NO4. The minimum Gasteiger partial charge on any atom is -0.394 e. The van der Waals surface area contributed by atoms with Crippen molar-refractivity contribution in [3.05, 3.63) is 48.6 Å². The molecule has 0 aromatic carbocycles. The van der Waals surface area contributed by atoms with E-state index in [4.69, 9.17) is 0 Å². The van der Waals surface area contributed by atoms with Crippen LogP contribution < -0.4 is 5.32 Å². The first kappa shape index (κ1) is 41.3. The van der Waals surface area contributed by atoms with Crippen LogP contribution in [0.15, 0.2) is 48.6 Å². The number of carbonyl (C=O) groups excluding carboxylic acids is 1. The molecule has 250 valence electrons. The quantitative estimate of drug-likeness (QED) is 0.0469. The molecule has 0 radical (unpaired) electrons. The molecule has 5 heteroatoms. The Balaban J connectivity index is 3.70. The highest BCUT2D eigenvalue weighted by atomic mass is 16.3. The Morgan fingerprint density at radius 1 is 0.605 bits per heavy atom. The summed E-state index contributed by atoms with van der Waals surface area (Å²) in [5.41, 5.74) is 0. The number of unbranched alkanes of at least 4 members (excludes halogenated alkanes) is 17. The first-order chi connectivity index (χ1) is 21.1. The van der Waals surface area contributed by atoms with E-state index in [1.165, 1.54) is 89.9 Å². The Labute approximate surface area is 266 Å². The Bertz CT molecular complexity index is 715. The van der Waals surface area contributed by atoms with E-state index in [2.05, 4.69) is 55.6 Å². The Morgan fingerprint density at radius 3 is 1.67 bits per heavy atom. The minimum absolute atomic E-state index is 0.378. The molecule has 0 fully saturated rings. The molecule has 0 aliphatic heterocycles. The fraction of sp³-hybridized carbons (Fsp3) is 0.763. The predicted molar refractivity (Wildman–Crippen MR) is 185 cm³/mol. The van der Waals surface area contributed by atoms with Crippen LogP contribution in [0, 0.1) is 0 Å². The van der Waals surface area contributed by atoms with Gasteiger partial charge in [0.2, 0.25) is 5.91 Å². The average molecular weight is 604 g/mol. The second kappa shape index (κ2) is 33.2. The molecule has 0 rings (SSSR count). The van der Waals surface area contributed by atoms with Gasteiger partial charge in [0.05, 0.1) is 18.8 Å². The van der Waals surface area contributed by atoms with Crippen molar-refractivity contribution < 1.29 is 20.1 Å². The lowest BCUT2D eigenvalue weighted by atomic mass is 10.0. The number of aliphatic hydroxyl groups excluding tert-OH is 3. The lowest BCUT2D eigenvalue weighted by Crippen LogP contribution is -2.48. The van der Waals surface area contributed by atoms with Crippen LogP contribution in [0.2, 0.25) is 0 Å². The number of rotatable bonds is 31. The molecule has 0 aromatic rings. The van der Waals surface area contributed by atoms with Crippen LogP contribution in [0.25, 0.3) is 0 Å². The summed E-state index contributed by atoms with van der Waals surface area (Å²) in [7, 11) is 0. The van der Waals surface area contributed by atoms with E-state index in [9.17, 15) is 20.1 Å². The lowest BCUT2D eigenvalue weighted by Gasteiger charge is -2.21. The second-order valence-electron chi connectivity index (χ2n) is 12.0. The summed E-state index contributed by atoms with van der Waals surface area (Å²) in [4.78, 5) is 12.4. The van der Waals surface area contributed by atoms with Crippen LogP contribution in [0.5, 0.6) is 0 Å². The minimum atomic E-state index is -1.10. The molecule has 43 heavy (non-hydrogen) atoms. The molecule has 1 amide bonds. The van der Waals surface area contributed by atoms with E-state index in [0.717, 1.165) is 51.4 Å². The third-order valence-electron chi connectivity index (χ3n) is 7.90. The Kier molecular flexibility index (Phi) is 31.9. The van der Waals surface area contributed by atoms with Gasteiger partial charge in [0.15, 0.2) is 0 Å². The van der Waals surface area contributed by atoms with Gasteiger partial charge in [-0.3, -0.25) is 4.79 Å². The maximum absolute atomic E-state index is 12.4. The fourth-order valence-corrected chi connectivity index (χ4v) is 5.06. The van der Waals surface area contributed by atoms with E-state index < -0.39 is 24.2 Å². The molecule has 0 bridgehead atoms. The summed E-state index contributed by atoms with van der Waals surface area (Å²) >= 11 is 0. The number of carbonyl (C=O) groups is 1. The van der Waals surface area contributed by atoms with Crippen molar-refractivity contribution in [1.82, 2.24) is 5.32 Å². The summed E-state index contributed by atoms with van der Waals surface area (Å²) in [6, 6.07) is -0.812. The van der Waals surface area contributed by atoms with Gasteiger partial charge < -0.3 is 20.6 Å². The number of allylic oxidation sites excluding steroid dienone is 7. The lowest BCUT2D eigenvalue weighted by molar-refractivity contribution is -0.131. The van der Waals surface area contributed by atoms with Gasteiger partial charge in [-0.15, -0.1) is 0 Å². The molecule has 0 saturated heterocycles. The first-order valence-corrected chi connectivity index (χ1v) is 18.0. The van der Waals surface area contributed by atoms with E-state index in [1.54, 1.807) is 6.08 Å². The molecule has 0 aliphatic carbocycles.